The van der Waals surface area contributed by atoms with Crippen molar-refractivity contribution in [2.45, 2.75) is 24.8 Å². The van der Waals surface area contributed by atoms with Crippen molar-refractivity contribution in [3.05, 3.63) is 89.5 Å². The molecule has 0 spiro atoms. The second-order valence-corrected chi connectivity index (χ2v) is 7.46. The maximum Gasteiger partial charge on any atom is 0.163 e. The minimum absolute atomic E-state index is 0.0468. The molecule has 0 fully saturated rings. The molecule has 2 heterocycles. The van der Waals surface area contributed by atoms with Gasteiger partial charge in [0, 0.05) is 23.6 Å². The van der Waals surface area contributed by atoms with Gasteiger partial charge in [-0.25, -0.2) is 0 Å². The number of carbonyl (C=O) groups excluding carboxylic acids is 1. The second-order valence-electron chi connectivity index (χ2n) is 7.46. The summed E-state index contributed by atoms with van der Waals surface area (Å²) in [5.74, 6) is 1.84. The maximum atomic E-state index is 13.3. The van der Waals surface area contributed by atoms with Crippen LogP contribution in [0.4, 0.5) is 11.4 Å². The van der Waals surface area contributed by atoms with Crippen LogP contribution in [0.3, 0.4) is 0 Å². The Morgan fingerprint density at radius 3 is 2.48 bits per heavy atom. The van der Waals surface area contributed by atoms with Crippen molar-refractivity contribution >= 4 is 17.2 Å². The van der Waals surface area contributed by atoms with Crippen molar-refractivity contribution in [3.63, 3.8) is 0 Å². The number of rotatable bonds is 3. The Kier molecular flexibility index (Phi) is 4.35. The summed E-state index contributed by atoms with van der Waals surface area (Å²) in [6, 6.07) is 19.6. The first-order valence-corrected chi connectivity index (χ1v) is 9.79. The highest BCUT2D eigenvalue weighted by Crippen LogP contribution is 2.44. The zero-order valence-electron chi connectivity index (χ0n) is 16.1. The first kappa shape index (κ1) is 17.6. The lowest BCUT2D eigenvalue weighted by molar-refractivity contribution is -0.116. The van der Waals surface area contributed by atoms with E-state index < -0.39 is 0 Å². The SMILES string of the molecule is COc1ccc([C@@H]2Nc3ccccc3NC3=C2C(=O)C[C@@H](c2ccco2)C3)cc1. The van der Waals surface area contributed by atoms with Crippen molar-refractivity contribution in [2.24, 2.45) is 0 Å². The highest BCUT2D eigenvalue weighted by atomic mass is 16.5. The standard InChI is InChI=1S/C24H22N2O3/c1-28-17-10-8-15(9-11-17)24-23-20(25-18-5-2-3-6-19(18)26-24)13-16(14-21(23)27)22-7-4-12-29-22/h2-12,16,24-26H,13-14H2,1H3/t16-,24-/m0/s1. The van der Waals surface area contributed by atoms with Gasteiger partial charge in [-0.3, -0.25) is 4.79 Å². The van der Waals surface area contributed by atoms with Gasteiger partial charge in [0.1, 0.15) is 11.5 Å². The van der Waals surface area contributed by atoms with Crippen LogP contribution in [0.25, 0.3) is 0 Å². The fraction of sp³-hybridized carbons (Fsp3) is 0.208. The van der Waals surface area contributed by atoms with Crippen molar-refractivity contribution < 1.29 is 13.9 Å². The van der Waals surface area contributed by atoms with E-state index in [-0.39, 0.29) is 17.7 Å². The van der Waals surface area contributed by atoms with Crippen LogP contribution in [0, 0.1) is 0 Å². The third-order valence-corrected chi connectivity index (χ3v) is 5.70. The van der Waals surface area contributed by atoms with Crippen molar-refractivity contribution in [1.29, 1.82) is 0 Å². The van der Waals surface area contributed by atoms with Gasteiger partial charge in [-0.1, -0.05) is 24.3 Å². The number of nitrogens with one attached hydrogen (secondary N) is 2. The number of para-hydroxylation sites is 2. The van der Waals surface area contributed by atoms with Crippen LogP contribution in [0.15, 0.2) is 82.6 Å². The molecule has 0 saturated carbocycles. The van der Waals surface area contributed by atoms with Crippen molar-refractivity contribution in [3.8, 4) is 5.75 Å². The number of ketones is 1. The number of hydrogen-bond acceptors (Lipinski definition) is 5. The average Bonchev–Trinajstić information content (AvgIpc) is 3.23. The number of anilines is 2. The minimum Gasteiger partial charge on any atom is -0.497 e. The van der Waals surface area contributed by atoms with Gasteiger partial charge < -0.3 is 19.8 Å². The monoisotopic (exact) mass is 386 g/mol. The van der Waals surface area contributed by atoms with Crippen LogP contribution >= 0.6 is 0 Å². The molecule has 0 radical (unpaired) electrons. The molecular weight excluding hydrogens is 364 g/mol. The molecular formula is C24H22N2O3. The molecule has 5 nitrogen and oxygen atoms in total. The van der Waals surface area contributed by atoms with Gasteiger partial charge >= 0.3 is 0 Å². The van der Waals surface area contributed by atoms with E-state index in [0.717, 1.165) is 46.1 Å². The van der Waals surface area contributed by atoms with Gasteiger partial charge in [-0.2, -0.15) is 0 Å². The maximum absolute atomic E-state index is 13.3. The smallest absolute Gasteiger partial charge is 0.163 e. The van der Waals surface area contributed by atoms with Gasteiger partial charge in [0.2, 0.25) is 0 Å². The number of carbonyl (C=O) groups is 1. The van der Waals surface area contributed by atoms with Gasteiger partial charge in [-0.15, -0.1) is 0 Å². The average molecular weight is 386 g/mol. The predicted octanol–water partition coefficient (Wildman–Crippen LogP) is 5.27. The molecule has 1 aromatic heterocycles. The number of fused-ring (bicyclic) bond motifs is 1. The third kappa shape index (κ3) is 3.18. The fourth-order valence-corrected chi connectivity index (χ4v) is 4.26. The Labute approximate surface area is 169 Å². The van der Waals surface area contributed by atoms with E-state index in [9.17, 15) is 4.79 Å². The summed E-state index contributed by atoms with van der Waals surface area (Å²) < 4.78 is 10.9. The summed E-state index contributed by atoms with van der Waals surface area (Å²) in [6.45, 7) is 0. The lowest BCUT2D eigenvalue weighted by Crippen LogP contribution is -2.26. The van der Waals surface area contributed by atoms with E-state index >= 15 is 0 Å². The lowest BCUT2D eigenvalue weighted by Gasteiger charge is -2.29. The van der Waals surface area contributed by atoms with E-state index in [0.29, 0.717) is 6.42 Å². The summed E-state index contributed by atoms with van der Waals surface area (Å²) in [4.78, 5) is 13.3. The normalized spacial score (nSPS) is 20.8. The Morgan fingerprint density at radius 2 is 1.76 bits per heavy atom. The molecule has 29 heavy (non-hydrogen) atoms. The Balaban J connectivity index is 1.60. The van der Waals surface area contributed by atoms with E-state index in [1.54, 1.807) is 13.4 Å². The number of hydrogen-bond donors (Lipinski definition) is 2. The third-order valence-electron chi connectivity index (χ3n) is 5.70. The van der Waals surface area contributed by atoms with E-state index in [4.69, 9.17) is 9.15 Å². The van der Waals surface area contributed by atoms with Gasteiger partial charge in [0.05, 0.1) is 30.8 Å². The largest absolute Gasteiger partial charge is 0.497 e. The van der Waals surface area contributed by atoms with Crippen LogP contribution in [-0.2, 0) is 4.79 Å². The Hall–Kier alpha value is -3.47. The summed E-state index contributed by atoms with van der Waals surface area (Å²) in [5, 5.41) is 7.12. The zero-order chi connectivity index (χ0) is 19.8. The molecule has 2 aliphatic rings. The minimum atomic E-state index is -0.225. The molecule has 5 rings (SSSR count). The van der Waals surface area contributed by atoms with Crippen LogP contribution in [-0.4, -0.2) is 12.9 Å². The molecule has 1 aliphatic heterocycles. The van der Waals surface area contributed by atoms with Crippen molar-refractivity contribution in [1.82, 2.24) is 0 Å². The number of allylic oxidation sites excluding steroid dienone is 1. The van der Waals surface area contributed by atoms with Gasteiger partial charge in [0.15, 0.2) is 5.78 Å². The number of ether oxygens (including phenoxy) is 1. The molecule has 146 valence electrons. The number of Topliss-reactive ketones (excluding diaryl/α,β-unsaturated/α-hetero) is 1. The first-order chi connectivity index (χ1) is 14.2. The molecule has 0 unspecified atom stereocenters. The van der Waals surface area contributed by atoms with Crippen LogP contribution in [0.1, 0.15) is 36.1 Å². The molecule has 2 aromatic carbocycles. The zero-order valence-corrected chi connectivity index (χ0v) is 16.1. The summed E-state index contributed by atoms with van der Waals surface area (Å²) in [7, 11) is 1.65. The van der Waals surface area contributed by atoms with Crippen LogP contribution in [0.2, 0.25) is 0 Å². The quantitative estimate of drug-likeness (QED) is 0.642. The van der Waals surface area contributed by atoms with Crippen LogP contribution < -0.4 is 15.4 Å². The van der Waals surface area contributed by atoms with Gasteiger partial charge in [0.25, 0.3) is 0 Å². The molecule has 2 N–H and O–H groups in total. The molecule has 5 heteroatoms. The van der Waals surface area contributed by atoms with Crippen LogP contribution in [0.5, 0.6) is 5.75 Å². The van der Waals surface area contributed by atoms with Crippen molar-refractivity contribution in [2.75, 3.05) is 17.7 Å². The number of furan rings is 1. The van der Waals surface area contributed by atoms with E-state index in [1.165, 1.54) is 0 Å². The molecule has 1 aliphatic carbocycles. The summed E-state index contributed by atoms with van der Waals surface area (Å²) in [6.07, 6.45) is 2.84. The highest BCUT2D eigenvalue weighted by Gasteiger charge is 2.36. The number of benzene rings is 2. The van der Waals surface area contributed by atoms with E-state index in [1.807, 2.05) is 60.7 Å². The predicted molar refractivity (Wildman–Crippen MR) is 112 cm³/mol. The summed E-state index contributed by atoms with van der Waals surface area (Å²) >= 11 is 0. The molecule has 2 atom stereocenters. The highest BCUT2D eigenvalue weighted by molar-refractivity contribution is 6.01. The summed E-state index contributed by atoms with van der Waals surface area (Å²) in [5.41, 5.74) is 4.74. The molecule has 3 aromatic rings. The lowest BCUT2D eigenvalue weighted by atomic mass is 9.80. The second kappa shape index (κ2) is 7.17. The topological polar surface area (TPSA) is 63.5 Å². The fourth-order valence-electron chi connectivity index (χ4n) is 4.26. The molecule has 0 bridgehead atoms. The molecule has 0 saturated heterocycles. The molecule has 0 amide bonds. The number of methoxy groups -OCH3 is 1. The van der Waals surface area contributed by atoms with E-state index in [2.05, 4.69) is 10.6 Å². The Bertz CT molecular complexity index is 1070. The first-order valence-electron chi connectivity index (χ1n) is 9.79. The van der Waals surface area contributed by atoms with Gasteiger partial charge in [-0.05, 0) is 48.4 Å². The Morgan fingerprint density at radius 1 is 0.966 bits per heavy atom.